The number of hydrogen-bond donors (Lipinski definition) is 1. The van der Waals surface area contributed by atoms with Gasteiger partial charge in [-0.1, -0.05) is 48.0 Å². The largest absolute Gasteiger partial charge is 0.316 e. The summed E-state index contributed by atoms with van der Waals surface area (Å²) in [5, 5.41) is 3.61. The minimum Gasteiger partial charge on any atom is -0.316 e. The van der Waals surface area contributed by atoms with E-state index in [1.807, 2.05) is 0 Å². The van der Waals surface area contributed by atoms with Gasteiger partial charge in [-0.3, -0.25) is 0 Å². The van der Waals surface area contributed by atoms with Crippen LogP contribution in [0.25, 0.3) is 0 Å². The van der Waals surface area contributed by atoms with Crippen molar-refractivity contribution >= 4 is 0 Å². The molecule has 1 unspecified atom stereocenters. The van der Waals surface area contributed by atoms with Crippen LogP contribution in [0.4, 0.5) is 0 Å². The summed E-state index contributed by atoms with van der Waals surface area (Å²) in [4.78, 5) is 0. The average molecular weight is 197 g/mol. The van der Waals surface area contributed by atoms with Crippen LogP contribution in [-0.2, 0) is 0 Å². The van der Waals surface area contributed by atoms with E-state index in [2.05, 4.69) is 46.9 Å². The summed E-state index contributed by atoms with van der Waals surface area (Å²) in [7, 11) is 0. The van der Waals surface area contributed by atoms with E-state index in [-0.39, 0.29) is 0 Å². The highest BCUT2D eigenvalue weighted by Crippen LogP contribution is 2.67. The zero-order valence-corrected chi connectivity index (χ0v) is 10.8. The van der Waals surface area contributed by atoms with E-state index in [4.69, 9.17) is 0 Å². The maximum absolute atomic E-state index is 3.61. The van der Waals surface area contributed by atoms with Gasteiger partial charge < -0.3 is 5.32 Å². The zero-order chi connectivity index (χ0) is 11.0. The lowest BCUT2D eigenvalue weighted by Gasteiger charge is -2.10. The molecule has 1 atom stereocenters. The van der Waals surface area contributed by atoms with Gasteiger partial charge in [0, 0.05) is 0 Å². The molecule has 14 heavy (non-hydrogen) atoms. The van der Waals surface area contributed by atoms with E-state index in [0.717, 1.165) is 11.8 Å². The molecule has 1 aliphatic carbocycles. The Morgan fingerprint density at radius 2 is 1.64 bits per heavy atom. The molecule has 1 aliphatic rings. The zero-order valence-electron chi connectivity index (χ0n) is 10.8. The van der Waals surface area contributed by atoms with Crippen LogP contribution in [-0.4, -0.2) is 13.1 Å². The van der Waals surface area contributed by atoms with E-state index in [9.17, 15) is 0 Å². The quantitative estimate of drug-likeness (QED) is 0.713. The Hall–Kier alpha value is -0.0400. The Labute approximate surface area is 89.7 Å². The summed E-state index contributed by atoms with van der Waals surface area (Å²) in [6.07, 6.45) is 1.28. The van der Waals surface area contributed by atoms with Crippen LogP contribution in [0.3, 0.4) is 0 Å². The summed E-state index contributed by atoms with van der Waals surface area (Å²) in [6, 6.07) is 0. The molecule has 0 spiro atoms. The van der Waals surface area contributed by atoms with Crippen molar-refractivity contribution < 1.29 is 0 Å². The third kappa shape index (κ3) is 1.98. The lowest BCUT2D eigenvalue weighted by Crippen LogP contribution is -2.24. The molecule has 0 heterocycles. The highest BCUT2D eigenvalue weighted by Gasteiger charge is 2.63. The van der Waals surface area contributed by atoms with Crippen molar-refractivity contribution in [1.82, 2.24) is 5.32 Å². The number of rotatable bonds is 5. The minimum absolute atomic E-state index is 0.537. The monoisotopic (exact) mass is 197 g/mol. The van der Waals surface area contributed by atoms with Crippen molar-refractivity contribution in [3.05, 3.63) is 0 Å². The minimum atomic E-state index is 0.537. The predicted molar refractivity (Wildman–Crippen MR) is 63.4 cm³/mol. The van der Waals surface area contributed by atoms with Crippen LogP contribution in [0.1, 0.15) is 48.0 Å². The summed E-state index contributed by atoms with van der Waals surface area (Å²) >= 11 is 0. The molecule has 0 aliphatic heterocycles. The lowest BCUT2D eigenvalue weighted by molar-refractivity contribution is 0.457. The second-order valence-corrected chi connectivity index (χ2v) is 6.17. The molecule has 1 N–H and O–H groups in total. The van der Waals surface area contributed by atoms with Gasteiger partial charge in [-0.2, -0.15) is 0 Å². The first-order valence-electron chi connectivity index (χ1n) is 6.04. The van der Waals surface area contributed by atoms with Gasteiger partial charge >= 0.3 is 0 Å². The summed E-state index contributed by atoms with van der Waals surface area (Å²) in [5.74, 6) is 1.68. The normalized spacial score (nSPS) is 26.1. The first-order chi connectivity index (χ1) is 6.34. The maximum Gasteiger partial charge on any atom is -0.000977 e. The van der Waals surface area contributed by atoms with E-state index in [0.29, 0.717) is 10.8 Å². The number of hydrogen-bond acceptors (Lipinski definition) is 1. The average Bonchev–Trinajstić information content (AvgIpc) is 2.47. The number of nitrogens with one attached hydrogen (secondary N) is 1. The van der Waals surface area contributed by atoms with E-state index in [1.165, 1.54) is 19.5 Å². The third-order valence-electron chi connectivity index (χ3n) is 4.86. The molecule has 0 aromatic carbocycles. The Kier molecular flexibility index (Phi) is 3.30. The van der Waals surface area contributed by atoms with Crippen molar-refractivity contribution in [3.8, 4) is 0 Å². The van der Waals surface area contributed by atoms with Crippen LogP contribution >= 0.6 is 0 Å². The first-order valence-corrected chi connectivity index (χ1v) is 6.04. The van der Waals surface area contributed by atoms with Crippen molar-refractivity contribution in [1.29, 1.82) is 0 Å². The molecule has 1 saturated carbocycles. The highest BCUT2D eigenvalue weighted by atomic mass is 14.9. The van der Waals surface area contributed by atoms with Crippen molar-refractivity contribution in [2.75, 3.05) is 13.1 Å². The van der Waals surface area contributed by atoms with Crippen LogP contribution in [0, 0.1) is 22.7 Å². The standard InChI is InChI=1S/C13H27N/c1-7-10(2)8-14-9-11-12(3,4)13(11,5)6/h10-11,14H,7-9H2,1-6H3. The summed E-state index contributed by atoms with van der Waals surface area (Å²) < 4.78 is 0. The Morgan fingerprint density at radius 1 is 1.14 bits per heavy atom. The van der Waals surface area contributed by atoms with Gasteiger partial charge in [0.25, 0.3) is 0 Å². The molecular formula is C13H27N. The van der Waals surface area contributed by atoms with Crippen LogP contribution in [0.2, 0.25) is 0 Å². The van der Waals surface area contributed by atoms with Gasteiger partial charge in [-0.25, -0.2) is 0 Å². The molecule has 0 saturated heterocycles. The van der Waals surface area contributed by atoms with Gasteiger partial charge in [-0.05, 0) is 35.8 Å². The van der Waals surface area contributed by atoms with E-state index < -0.39 is 0 Å². The van der Waals surface area contributed by atoms with Gasteiger partial charge in [-0.15, -0.1) is 0 Å². The van der Waals surface area contributed by atoms with Crippen LogP contribution < -0.4 is 5.32 Å². The Morgan fingerprint density at radius 3 is 2.00 bits per heavy atom. The summed E-state index contributed by atoms with van der Waals surface area (Å²) in [6.45, 7) is 16.5. The maximum atomic E-state index is 3.61. The first kappa shape index (κ1) is 12.0. The highest BCUT2D eigenvalue weighted by molar-refractivity contribution is 5.12. The molecular weight excluding hydrogens is 170 g/mol. The van der Waals surface area contributed by atoms with Gasteiger partial charge in [0.2, 0.25) is 0 Å². The Bertz CT molecular complexity index is 179. The molecule has 1 nitrogen and oxygen atoms in total. The SMILES string of the molecule is CCC(C)CNCC1C(C)(C)C1(C)C. The molecule has 1 rings (SSSR count). The fourth-order valence-corrected chi connectivity index (χ4v) is 2.46. The second kappa shape index (κ2) is 3.84. The smallest absolute Gasteiger partial charge is 0.000977 e. The molecule has 0 amide bonds. The molecule has 0 bridgehead atoms. The topological polar surface area (TPSA) is 12.0 Å². The van der Waals surface area contributed by atoms with Crippen molar-refractivity contribution in [3.63, 3.8) is 0 Å². The van der Waals surface area contributed by atoms with Crippen LogP contribution in [0.5, 0.6) is 0 Å². The third-order valence-corrected chi connectivity index (χ3v) is 4.86. The fourth-order valence-electron chi connectivity index (χ4n) is 2.46. The Balaban J connectivity index is 2.22. The molecule has 84 valence electrons. The molecule has 1 heteroatoms. The molecule has 0 aromatic heterocycles. The van der Waals surface area contributed by atoms with Gasteiger partial charge in [0.1, 0.15) is 0 Å². The fraction of sp³-hybridized carbons (Fsp3) is 1.00. The van der Waals surface area contributed by atoms with Crippen molar-refractivity contribution in [2.24, 2.45) is 22.7 Å². The summed E-state index contributed by atoms with van der Waals surface area (Å²) in [5.41, 5.74) is 1.07. The van der Waals surface area contributed by atoms with Crippen LogP contribution in [0.15, 0.2) is 0 Å². The van der Waals surface area contributed by atoms with E-state index in [1.54, 1.807) is 0 Å². The second-order valence-electron chi connectivity index (χ2n) is 6.17. The van der Waals surface area contributed by atoms with Gasteiger partial charge in [0.05, 0.1) is 0 Å². The molecule has 1 fully saturated rings. The predicted octanol–water partition coefficient (Wildman–Crippen LogP) is 3.30. The lowest BCUT2D eigenvalue weighted by atomic mass is 10.0. The van der Waals surface area contributed by atoms with E-state index >= 15 is 0 Å². The van der Waals surface area contributed by atoms with Crippen molar-refractivity contribution in [2.45, 2.75) is 48.0 Å². The van der Waals surface area contributed by atoms with Gasteiger partial charge in [0.15, 0.2) is 0 Å². The molecule has 0 radical (unpaired) electrons. The molecule has 0 aromatic rings.